The minimum atomic E-state index is 0.733. The van der Waals surface area contributed by atoms with E-state index >= 15 is 0 Å². The van der Waals surface area contributed by atoms with E-state index in [0.717, 1.165) is 15.9 Å². The van der Waals surface area contributed by atoms with Crippen molar-refractivity contribution in [3.8, 4) is 0 Å². The number of halogens is 1. The summed E-state index contributed by atoms with van der Waals surface area (Å²) in [4.78, 5) is 2.90. The summed E-state index contributed by atoms with van der Waals surface area (Å²) in [5.41, 5.74) is 0.979. The first kappa shape index (κ1) is 5.64. The van der Waals surface area contributed by atoms with Crippen LogP contribution in [0.4, 0.5) is 0 Å². The lowest BCUT2D eigenvalue weighted by molar-refractivity contribution is 1.48. The van der Waals surface area contributed by atoms with Gasteiger partial charge in [-0.1, -0.05) is 11.6 Å². The van der Waals surface area contributed by atoms with Crippen molar-refractivity contribution < 1.29 is 0 Å². The summed E-state index contributed by atoms with van der Waals surface area (Å²) in [6, 6.07) is 8.50. The van der Waals surface area contributed by atoms with Crippen LogP contribution in [-0.4, -0.2) is 4.98 Å². The highest BCUT2D eigenvalue weighted by atomic mass is 35.5. The van der Waals surface area contributed by atoms with E-state index in [2.05, 4.69) is 17.2 Å². The monoisotopic (exact) mass is 149 g/mol. The first-order valence-corrected chi connectivity index (χ1v) is 3.30. The molecule has 1 N–H and O–H groups in total. The highest BCUT2D eigenvalue weighted by Crippen LogP contribution is 2.14. The molecule has 48 valence electrons. The molecule has 0 radical (unpaired) electrons. The van der Waals surface area contributed by atoms with Crippen molar-refractivity contribution in [1.82, 2.24) is 4.98 Å². The normalized spacial score (nSPS) is 9.70. The van der Waals surface area contributed by atoms with E-state index in [9.17, 15) is 0 Å². The van der Waals surface area contributed by atoms with Crippen molar-refractivity contribution in [1.29, 1.82) is 0 Å². The van der Waals surface area contributed by atoms with Crippen LogP contribution in [0, 0.1) is 12.3 Å². The van der Waals surface area contributed by atoms with Crippen LogP contribution >= 0.6 is 11.6 Å². The lowest BCUT2D eigenvalue weighted by Crippen LogP contribution is -1.66. The minimum absolute atomic E-state index is 0.733. The summed E-state index contributed by atoms with van der Waals surface area (Å²) >= 11 is 5.73. The van der Waals surface area contributed by atoms with Crippen molar-refractivity contribution in [2.24, 2.45) is 0 Å². The predicted octanol–water partition coefficient (Wildman–Crippen LogP) is 2.42. The fraction of sp³-hybridized carbons (Fsp3) is 0. The van der Waals surface area contributed by atoms with Gasteiger partial charge < -0.3 is 4.98 Å². The maximum absolute atomic E-state index is 5.73. The van der Waals surface area contributed by atoms with Gasteiger partial charge in [-0.3, -0.25) is 0 Å². The minimum Gasteiger partial charge on any atom is -0.313 e. The molecule has 1 aromatic carbocycles. The Labute approximate surface area is 63.6 Å². The van der Waals surface area contributed by atoms with E-state index in [1.807, 2.05) is 18.2 Å². The Hall–Kier alpha value is -1.13. The van der Waals surface area contributed by atoms with Gasteiger partial charge in [-0.25, -0.2) is 0 Å². The number of benzene rings is 1. The maximum Gasteiger partial charge on any atom is 0.0631 e. The molecule has 10 heavy (non-hydrogen) atoms. The van der Waals surface area contributed by atoms with E-state index in [1.165, 1.54) is 0 Å². The van der Waals surface area contributed by atoms with Crippen molar-refractivity contribution in [3.05, 3.63) is 35.5 Å². The Morgan fingerprint density at radius 2 is 2.30 bits per heavy atom. The molecule has 0 bridgehead atoms. The van der Waals surface area contributed by atoms with Crippen molar-refractivity contribution in [3.63, 3.8) is 0 Å². The molecule has 0 atom stereocenters. The number of hydrogen-bond acceptors (Lipinski definition) is 0. The molecular formula is C8H4ClN. The molecule has 0 aliphatic rings. The smallest absolute Gasteiger partial charge is 0.0631 e. The predicted molar refractivity (Wildman–Crippen MR) is 41.0 cm³/mol. The molecule has 2 heteroatoms. The van der Waals surface area contributed by atoms with Crippen LogP contribution in [0.1, 0.15) is 0 Å². The van der Waals surface area contributed by atoms with Gasteiger partial charge in [0.2, 0.25) is 0 Å². The number of aromatic amines is 1. The standard InChI is InChI=1S/C8H4ClN/c9-7-2-1-6-3-4-10-8(6)5-7/h1-2,5,10H. The van der Waals surface area contributed by atoms with Gasteiger partial charge >= 0.3 is 0 Å². The van der Waals surface area contributed by atoms with Crippen molar-refractivity contribution >= 4 is 22.5 Å². The summed E-state index contributed by atoms with van der Waals surface area (Å²) in [5.74, 6) is 0. The summed E-state index contributed by atoms with van der Waals surface area (Å²) < 4.78 is 0. The summed E-state index contributed by atoms with van der Waals surface area (Å²) in [6.45, 7) is 0. The van der Waals surface area contributed by atoms with Crippen LogP contribution < -0.4 is 0 Å². The molecule has 2 aromatic rings. The third kappa shape index (κ3) is 0.741. The van der Waals surface area contributed by atoms with Crippen molar-refractivity contribution in [2.75, 3.05) is 0 Å². The third-order valence-electron chi connectivity index (χ3n) is 1.38. The van der Waals surface area contributed by atoms with Gasteiger partial charge in [-0.05, 0) is 24.3 Å². The number of aromatic nitrogens is 1. The molecule has 0 saturated heterocycles. The van der Waals surface area contributed by atoms with Gasteiger partial charge in [0.05, 0.1) is 10.9 Å². The lowest BCUT2D eigenvalue weighted by atomic mass is 10.3. The van der Waals surface area contributed by atoms with E-state index in [4.69, 9.17) is 11.6 Å². The second-order valence-electron chi connectivity index (χ2n) is 2.06. The van der Waals surface area contributed by atoms with Gasteiger partial charge in [-0.2, -0.15) is 0 Å². The second kappa shape index (κ2) is 1.93. The highest BCUT2D eigenvalue weighted by Gasteiger charge is 1.91. The molecular weight excluding hydrogens is 146 g/mol. The van der Waals surface area contributed by atoms with Crippen LogP contribution in [0.15, 0.2) is 18.2 Å². The Balaban J connectivity index is 2.86. The van der Waals surface area contributed by atoms with Gasteiger partial charge in [0.1, 0.15) is 0 Å². The van der Waals surface area contributed by atoms with Gasteiger partial charge in [0.15, 0.2) is 0 Å². The number of H-pyrrole nitrogens is 1. The highest BCUT2D eigenvalue weighted by molar-refractivity contribution is 6.31. The van der Waals surface area contributed by atoms with Crippen LogP contribution in [0.2, 0.25) is 5.02 Å². The van der Waals surface area contributed by atoms with E-state index in [0.29, 0.717) is 0 Å². The van der Waals surface area contributed by atoms with E-state index in [-0.39, 0.29) is 0 Å². The summed E-state index contributed by atoms with van der Waals surface area (Å²) in [6.07, 6.45) is 2.76. The largest absolute Gasteiger partial charge is 0.313 e. The summed E-state index contributed by atoms with van der Waals surface area (Å²) in [7, 11) is 0. The zero-order valence-electron chi connectivity index (χ0n) is 5.11. The van der Waals surface area contributed by atoms with Crippen LogP contribution in [0.3, 0.4) is 0 Å². The molecule has 0 saturated carbocycles. The molecule has 0 spiro atoms. The molecule has 0 aliphatic carbocycles. The van der Waals surface area contributed by atoms with Crippen LogP contribution in [0.5, 0.6) is 0 Å². The van der Waals surface area contributed by atoms with Crippen molar-refractivity contribution in [2.45, 2.75) is 0 Å². The molecule has 1 nitrogen and oxygen atoms in total. The average molecular weight is 150 g/mol. The second-order valence-corrected chi connectivity index (χ2v) is 2.50. The van der Waals surface area contributed by atoms with Gasteiger partial charge in [-0.15, -0.1) is 0 Å². The maximum atomic E-state index is 5.73. The van der Waals surface area contributed by atoms with E-state index in [1.54, 1.807) is 0 Å². The number of nitrogens with one attached hydrogen (secondary N) is 1. The Morgan fingerprint density at radius 1 is 1.40 bits per heavy atom. The first-order valence-electron chi connectivity index (χ1n) is 2.93. The Kier molecular flexibility index (Phi) is 1.09. The lowest BCUT2D eigenvalue weighted by Gasteiger charge is -1.87. The number of fused-ring (bicyclic) bond motifs is 1. The molecule has 2 rings (SSSR count). The number of rotatable bonds is 0. The first-order chi connectivity index (χ1) is 4.86. The van der Waals surface area contributed by atoms with Gasteiger partial charge in [0, 0.05) is 11.2 Å². The fourth-order valence-corrected chi connectivity index (χ4v) is 1.07. The average Bonchev–Trinajstić information content (AvgIpc) is 2.33. The summed E-state index contributed by atoms with van der Waals surface area (Å²) in [5, 5.41) is 1.75. The molecule has 0 aliphatic heterocycles. The third-order valence-corrected chi connectivity index (χ3v) is 1.61. The molecule has 1 heterocycles. The SMILES string of the molecule is Clc1ccc2c#c[nH]c2c1. The van der Waals surface area contributed by atoms with Crippen LogP contribution in [0.25, 0.3) is 10.9 Å². The molecule has 0 fully saturated rings. The number of hydrogen-bond donors (Lipinski definition) is 1. The topological polar surface area (TPSA) is 15.8 Å². The zero-order chi connectivity index (χ0) is 6.97. The molecule has 1 aromatic heterocycles. The Morgan fingerprint density at radius 3 is 3.20 bits per heavy atom. The quantitative estimate of drug-likeness (QED) is 0.592. The fourth-order valence-electron chi connectivity index (χ4n) is 0.895. The van der Waals surface area contributed by atoms with E-state index < -0.39 is 0 Å². The van der Waals surface area contributed by atoms with Gasteiger partial charge in [0.25, 0.3) is 0 Å². The zero-order valence-corrected chi connectivity index (χ0v) is 5.87. The van der Waals surface area contributed by atoms with Crippen LogP contribution in [-0.2, 0) is 0 Å². The molecule has 0 amide bonds. The Bertz CT molecular complexity index is 351. The molecule has 0 unspecified atom stereocenters.